The molecule has 1 aliphatic rings. The van der Waals surface area contributed by atoms with Gasteiger partial charge in [0, 0.05) is 23.2 Å². The highest BCUT2D eigenvalue weighted by molar-refractivity contribution is 6.30. The summed E-state index contributed by atoms with van der Waals surface area (Å²) in [5.41, 5.74) is 1.86. The molecule has 1 atom stereocenters. The lowest BCUT2D eigenvalue weighted by atomic mass is 9.93. The van der Waals surface area contributed by atoms with Crippen LogP contribution in [0.5, 0.6) is 11.5 Å². The Kier molecular flexibility index (Phi) is 9.29. The second-order valence-corrected chi connectivity index (χ2v) is 9.71. The topological polar surface area (TPSA) is 91.2 Å². The van der Waals surface area contributed by atoms with Gasteiger partial charge >= 0.3 is 5.97 Å². The third-order valence-corrected chi connectivity index (χ3v) is 6.69. The zero-order chi connectivity index (χ0) is 28.8. The highest BCUT2D eigenvalue weighted by Crippen LogP contribution is 2.36. The number of aliphatic imine (C=N–C) groups is 1. The number of rotatable bonds is 11. The molecule has 1 aliphatic heterocycles. The Morgan fingerprint density at radius 1 is 1.07 bits per heavy atom. The van der Waals surface area contributed by atoms with Crippen LogP contribution in [0.15, 0.2) is 83.0 Å². The average Bonchev–Trinajstić information content (AvgIpc) is 2.90. The van der Waals surface area contributed by atoms with Gasteiger partial charge in [-0.3, -0.25) is 4.79 Å². The van der Waals surface area contributed by atoms with Crippen molar-refractivity contribution >= 4 is 29.2 Å². The normalized spacial score (nSPS) is 15.2. The largest absolute Gasteiger partial charge is 0.478 e. The number of hydrogen-bond donors (Lipinski definition) is 2. The first-order valence-corrected chi connectivity index (χ1v) is 13.0. The van der Waals surface area contributed by atoms with E-state index in [1.54, 1.807) is 49.4 Å². The number of nitrogens with zero attached hydrogens (tertiary/aromatic N) is 2. The van der Waals surface area contributed by atoms with Crippen LogP contribution in [0, 0.1) is 11.6 Å². The molecule has 3 aromatic carbocycles. The summed E-state index contributed by atoms with van der Waals surface area (Å²) in [6.45, 7) is 4.64. The molecule has 0 aliphatic carbocycles. The molecule has 40 heavy (non-hydrogen) atoms. The molecule has 0 spiro atoms. The van der Waals surface area contributed by atoms with Gasteiger partial charge in [0.25, 0.3) is 0 Å². The first-order chi connectivity index (χ1) is 19.1. The molecule has 1 heterocycles. The third-order valence-electron chi connectivity index (χ3n) is 6.45. The smallest absolute Gasteiger partial charge is 0.335 e. The van der Waals surface area contributed by atoms with Crippen molar-refractivity contribution in [3.63, 3.8) is 0 Å². The molecule has 7 nitrogen and oxygen atoms in total. The molecule has 4 rings (SSSR count). The second-order valence-electron chi connectivity index (χ2n) is 9.27. The van der Waals surface area contributed by atoms with Crippen LogP contribution in [0.3, 0.4) is 0 Å². The van der Waals surface area contributed by atoms with Crippen LogP contribution in [0.2, 0.25) is 5.02 Å². The fourth-order valence-electron chi connectivity index (χ4n) is 4.57. The Labute approximate surface area is 235 Å². The van der Waals surface area contributed by atoms with E-state index in [1.165, 1.54) is 6.07 Å². The minimum atomic E-state index is -1.04. The number of carboxylic acids is 1. The lowest BCUT2D eigenvalue weighted by Gasteiger charge is -2.37. The number of halogens is 3. The summed E-state index contributed by atoms with van der Waals surface area (Å²) >= 11 is 6.21. The number of carbonyl (C=O) groups is 2. The first-order valence-electron chi connectivity index (χ1n) is 12.6. The van der Waals surface area contributed by atoms with E-state index in [0.29, 0.717) is 47.4 Å². The fraction of sp³-hybridized carbons (Fsp3) is 0.233. The van der Waals surface area contributed by atoms with Crippen molar-refractivity contribution < 1.29 is 28.2 Å². The monoisotopic (exact) mass is 567 g/mol. The molecule has 2 N–H and O–H groups in total. The number of ketones is 1. The zero-order valence-electron chi connectivity index (χ0n) is 22.0. The predicted octanol–water partition coefficient (Wildman–Crippen LogP) is 6.41. The van der Waals surface area contributed by atoms with E-state index in [9.17, 15) is 23.5 Å². The van der Waals surface area contributed by atoms with E-state index in [-0.39, 0.29) is 23.7 Å². The minimum absolute atomic E-state index is 0.0942. The predicted molar refractivity (Wildman–Crippen MR) is 149 cm³/mol. The standard InChI is InChI=1S/C30H28ClF2N3O4/c1-18-28(30(38)39)29(21-5-3-6-22(31)15-21)36(19(2)35-18)14-4-13-34-17-26(37)20-7-10-24(11-8-20)40-27-12-9-23(32)16-25(27)33/h3,5-12,15-16,29,34H,4,13-14,17H2,1-2H3,(H,38,39). The van der Waals surface area contributed by atoms with Crippen LogP contribution in [0.25, 0.3) is 0 Å². The number of benzene rings is 3. The lowest BCUT2D eigenvalue weighted by Crippen LogP contribution is -2.40. The molecule has 1 unspecified atom stereocenters. The Morgan fingerprint density at radius 3 is 2.50 bits per heavy atom. The quantitative estimate of drug-likeness (QED) is 0.206. The lowest BCUT2D eigenvalue weighted by molar-refractivity contribution is -0.133. The number of Topliss-reactive ketones (excluding diaryl/α,β-unsaturated/α-hetero) is 1. The maximum atomic E-state index is 13.8. The Hall–Kier alpha value is -4.08. The van der Waals surface area contributed by atoms with E-state index in [2.05, 4.69) is 10.3 Å². The number of nitrogens with one attached hydrogen (secondary N) is 1. The SMILES string of the molecule is CC1=NC(C)=C(C(=O)O)C(c2cccc(Cl)c2)N1CCCNCC(=O)c1ccc(Oc2ccc(F)cc2F)cc1. The van der Waals surface area contributed by atoms with Crippen LogP contribution in [-0.4, -0.2) is 47.2 Å². The van der Waals surface area contributed by atoms with Gasteiger partial charge in [-0.05, 0) is 80.9 Å². The molecule has 0 bridgehead atoms. The molecule has 0 saturated carbocycles. The van der Waals surface area contributed by atoms with Crippen molar-refractivity contribution in [1.82, 2.24) is 10.2 Å². The zero-order valence-corrected chi connectivity index (χ0v) is 22.7. The minimum Gasteiger partial charge on any atom is -0.478 e. The third kappa shape index (κ3) is 6.91. The number of amidine groups is 1. The van der Waals surface area contributed by atoms with Gasteiger partial charge in [0.15, 0.2) is 17.3 Å². The summed E-state index contributed by atoms with van der Waals surface area (Å²) in [4.78, 5) is 31.2. The van der Waals surface area contributed by atoms with Crippen LogP contribution >= 0.6 is 11.6 Å². The van der Waals surface area contributed by atoms with Crippen molar-refractivity contribution in [2.24, 2.45) is 4.99 Å². The van der Waals surface area contributed by atoms with E-state index < -0.39 is 23.6 Å². The molecule has 0 amide bonds. The summed E-state index contributed by atoms with van der Waals surface area (Å²) in [6, 6.07) is 15.9. The van der Waals surface area contributed by atoms with Gasteiger partial charge in [-0.2, -0.15) is 0 Å². The van der Waals surface area contributed by atoms with Gasteiger partial charge in [-0.15, -0.1) is 0 Å². The van der Waals surface area contributed by atoms with Crippen LogP contribution < -0.4 is 10.1 Å². The molecule has 0 fully saturated rings. The number of carboxylic acid groups (broad SMARTS) is 1. The highest BCUT2D eigenvalue weighted by atomic mass is 35.5. The number of carbonyl (C=O) groups excluding carboxylic acids is 1. The van der Waals surface area contributed by atoms with Crippen molar-refractivity contribution in [2.45, 2.75) is 26.3 Å². The molecule has 0 radical (unpaired) electrons. The van der Waals surface area contributed by atoms with Crippen LogP contribution in [0.1, 0.15) is 42.2 Å². The average molecular weight is 568 g/mol. The van der Waals surface area contributed by atoms with E-state index >= 15 is 0 Å². The van der Waals surface area contributed by atoms with Crippen molar-refractivity contribution in [3.05, 3.63) is 106 Å². The van der Waals surface area contributed by atoms with Crippen LogP contribution in [-0.2, 0) is 4.79 Å². The summed E-state index contributed by atoms with van der Waals surface area (Å²) in [5.74, 6) is -1.80. The molecule has 208 valence electrons. The molecule has 0 saturated heterocycles. The molecular weight excluding hydrogens is 540 g/mol. The first kappa shape index (κ1) is 28.9. The van der Waals surface area contributed by atoms with Crippen molar-refractivity contribution in [2.75, 3.05) is 19.6 Å². The Balaban J connectivity index is 1.32. The van der Waals surface area contributed by atoms with Crippen molar-refractivity contribution in [1.29, 1.82) is 0 Å². The summed E-state index contributed by atoms with van der Waals surface area (Å²) in [5, 5.41) is 13.6. The van der Waals surface area contributed by atoms with E-state index in [0.717, 1.165) is 17.7 Å². The van der Waals surface area contributed by atoms with E-state index in [1.807, 2.05) is 17.9 Å². The number of aliphatic carboxylic acids is 1. The molecule has 10 heteroatoms. The summed E-state index contributed by atoms with van der Waals surface area (Å²) in [7, 11) is 0. The van der Waals surface area contributed by atoms with Gasteiger partial charge in [0.05, 0.1) is 23.9 Å². The maximum Gasteiger partial charge on any atom is 0.335 e. The summed E-state index contributed by atoms with van der Waals surface area (Å²) in [6.07, 6.45) is 0.624. The Morgan fingerprint density at radius 2 is 1.82 bits per heavy atom. The Bertz CT molecular complexity index is 1470. The van der Waals surface area contributed by atoms with Gasteiger partial charge in [-0.25, -0.2) is 18.6 Å². The number of hydrogen-bond acceptors (Lipinski definition) is 6. The molecular formula is C30H28ClF2N3O4. The number of allylic oxidation sites excluding steroid dienone is 1. The van der Waals surface area contributed by atoms with E-state index in [4.69, 9.17) is 16.3 Å². The molecule has 3 aromatic rings. The van der Waals surface area contributed by atoms with Gasteiger partial charge in [0.2, 0.25) is 0 Å². The van der Waals surface area contributed by atoms with Gasteiger partial charge in [0.1, 0.15) is 17.4 Å². The van der Waals surface area contributed by atoms with Gasteiger partial charge in [-0.1, -0.05) is 23.7 Å². The number of ether oxygens (including phenoxy) is 1. The molecule has 0 aromatic heterocycles. The second kappa shape index (κ2) is 12.8. The summed E-state index contributed by atoms with van der Waals surface area (Å²) < 4.78 is 32.3. The van der Waals surface area contributed by atoms with Crippen LogP contribution in [0.4, 0.5) is 8.78 Å². The maximum absolute atomic E-state index is 13.8. The van der Waals surface area contributed by atoms with Crippen molar-refractivity contribution in [3.8, 4) is 11.5 Å². The van der Waals surface area contributed by atoms with Gasteiger partial charge < -0.3 is 20.1 Å². The highest BCUT2D eigenvalue weighted by Gasteiger charge is 2.34. The fourth-order valence-corrected chi connectivity index (χ4v) is 4.76.